The fourth-order valence-electron chi connectivity index (χ4n) is 5.63. The highest BCUT2D eigenvalue weighted by molar-refractivity contribution is 6.08. The predicted molar refractivity (Wildman–Crippen MR) is 215 cm³/mol. The lowest BCUT2D eigenvalue weighted by Gasteiger charge is -2.21. The molecule has 0 heterocycles. The smallest absolute Gasteiger partial charge is 0.00266 e. The van der Waals surface area contributed by atoms with Crippen LogP contribution < -0.4 is 10.4 Å². The fraction of sp³-hybridized carbons (Fsp3) is 0.106. The zero-order valence-corrected chi connectivity index (χ0v) is 28.8. The van der Waals surface area contributed by atoms with Gasteiger partial charge >= 0.3 is 0 Å². The third-order valence-corrected chi connectivity index (χ3v) is 8.03. The lowest BCUT2D eigenvalue weighted by Crippen LogP contribution is -2.04. The molecule has 47 heavy (non-hydrogen) atoms. The van der Waals surface area contributed by atoms with Crippen LogP contribution in [0.5, 0.6) is 0 Å². The molecule has 236 valence electrons. The van der Waals surface area contributed by atoms with Crippen molar-refractivity contribution in [2.45, 2.75) is 34.6 Å². The van der Waals surface area contributed by atoms with Gasteiger partial charge in [0.2, 0.25) is 0 Å². The molecule has 0 spiro atoms. The topological polar surface area (TPSA) is 0 Å². The maximum atomic E-state index is 4.39. The Morgan fingerprint density at radius 3 is 1.91 bits per heavy atom. The van der Waals surface area contributed by atoms with Gasteiger partial charge in [-0.25, -0.2) is 0 Å². The van der Waals surface area contributed by atoms with Gasteiger partial charge in [-0.05, 0) is 118 Å². The molecule has 3 aromatic rings. The van der Waals surface area contributed by atoms with Crippen LogP contribution in [0, 0.1) is 0 Å². The molecule has 0 heteroatoms. The van der Waals surface area contributed by atoms with E-state index < -0.39 is 0 Å². The minimum absolute atomic E-state index is 0.919. The Kier molecular flexibility index (Phi) is 13.7. The maximum Gasteiger partial charge on any atom is -0.00266 e. The van der Waals surface area contributed by atoms with Crippen molar-refractivity contribution in [3.8, 4) is 0 Å². The van der Waals surface area contributed by atoms with Crippen molar-refractivity contribution in [1.29, 1.82) is 0 Å². The van der Waals surface area contributed by atoms with Gasteiger partial charge in [0, 0.05) is 0 Å². The average Bonchev–Trinajstić information content (AvgIpc) is 3.08. The minimum atomic E-state index is 0.919. The van der Waals surface area contributed by atoms with Crippen LogP contribution in [0.25, 0.3) is 52.8 Å². The first-order valence-corrected chi connectivity index (χ1v) is 16.0. The van der Waals surface area contributed by atoms with Gasteiger partial charge in [-0.15, -0.1) is 0 Å². The monoisotopic (exact) mass is 612 g/mol. The van der Waals surface area contributed by atoms with Crippen LogP contribution >= 0.6 is 0 Å². The van der Waals surface area contributed by atoms with E-state index in [-0.39, 0.29) is 0 Å². The van der Waals surface area contributed by atoms with E-state index in [1.54, 1.807) is 0 Å². The zero-order valence-electron chi connectivity index (χ0n) is 28.8. The highest BCUT2D eigenvalue weighted by atomic mass is 14.2. The van der Waals surface area contributed by atoms with Gasteiger partial charge < -0.3 is 0 Å². The van der Waals surface area contributed by atoms with Crippen molar-refractivity contribution in [3.63, 3.8) is 0 Å². The summed E-state index contributed by atoms with van der Waals surface area (Å²) in [6.45, 7) is 31.5. The molecular formula is C47H48. The standard InChI is InChI=1S/C47H48/c1-11-17-27-38(13-3)35(8)31-32-37(10)46-43(23-12-2)41(16-6)47(45-29-21-20-28-44(45)46)40(15-5)33-39(14-4)42-30-22-25-34(7)24-18-19-26-36(42)9/h11-33H,3,5-7,9H2,1-2,4,8,10H3/b17-11-,23-12-,24-18?,25-22?,26-19?,35-31+,37-32+,38-27+,39-14+,40-33+,42-30?. The lowest BCUT2D eigenvalue weighted by atomic mass is 9.82. The van der Waals surface area contributed by atoms with Crippen LogP contribution in [0.3, 0.4) is 0 Å². The fourth-order valence-corrected chi connectivity index (χ4v) is 5.63. The summed E-state index contributed by atoms with van der Waals surface area (Å²) in [7, 11) is 0. The van der Waals surface area contributed by atoms with Crippen LogP contribution in [0.2, 0.25) is 0 Å². The average molecular weight is 613 g/mol. The molecule has 0 nitrogen and oxygen atoms in total. The van der Waals surface area contributed by atoms with E-state index in [0.717, 1.165) is 65.9 Å². The van der Waals surface area contributed by atoms with Crippen molar-refractivity contribution in [2.75, 3.05) is 0 Å². The van der Waals surface area contributed by atoms with Crippen LogP contribution in [0.15, 0.2) is 158 Å². The Balaban J connectivity index is 2.43. The highest BCUT2D eigenvalue weighted by Gasteiger charge is 2.19. The quantitative estimate of drug-likeness (QED) is 0.189. The number of allylic oxidation sites excluding steroid dienone is 15. The molecule has 0 bridgehead atoms. The molecule has 3 aromatic carbocycles. The summed E-state index contributed by atoms with van der Waals surface area (Å²) < 4.78 is 0. The first-order valence-electron chi connectivity index (χ1n) is 16.0. The molecule has 0 saturated heterocycles. The summed E-state index contributed by atoms with van der Waals surface area (Å²) in [6.07, 6.45) is 24.9. The molecule has 0 aliphatic rings. The van der Waals surface area contributed by atoms with E-state index in [4.69, 9.17) is 0 Å². The second kappa shape index (κ2) is 17.9. The van der Waals surface area contributed by atoms with E-state index in [9.17, 15) is 0 Å². The summed E-state index contributed by atoms with van der Waals surface area (Å²) in [5.74, 6) is 0. The summed E-state index contributed by atoms with van der Waals surface area (Å²) in [5.41, 5.74) is 10.9. The molecule has 0 radical (unpaired) electrons. The van der Waals surface area contributed by atoms with E-state index in [0.29, 0.717) is 0 Å². The van der Waals surface area contributed by atoms with Crippen molar-refractivity contribution < 1.29 is 0 Å². The van der Waals surface area contributed by atoms with Gasteiger partial charge in [-0.2, -0.15) is 0 Å². The number of benzene rings is 2. The zero-order chi connectivity index (χ0) is 34.3. The molecule has 0 fully saturated rings. The van der Waals surface area contributed by atoms with Gasteiger partial charge in [-0.1, -0.05) is 166 Å². The molecule has 0 amide bonds. The highest BCUT2D eigenvalue weighted by Crippen LogP contribution is 2.40. The molecular weight excluding hydrogens is 565 g/mol. The van der Waals surface area contributed by atoms with Gasteiger partial charge in [0.1, 0.15) is 0 Å². The van der Waals surface area contributed by atoms with E-state index in [1.165, 1.54) is 10.9 Å². The molecule has 3 rings (SSSR count). The van der Waals surface area contributed by atoms with E-state index in [1.807, 2.05) is 73.7 Å². The van der Waals surface area contributed by atoms with Gasteiger partial charge in [0.05, 0.1) is 0 Å². The van der Waals surface area contributed by atoms with Crippen molar-refractivity contribution in [1.82, 2.24) is 0 Å². The Morgan fingerprint density at radius 1 is 0.638 bits per heavy atom. The molecule has 0 unspecified atom stereocenters. The van der Waals surface area contributed by atoms with E-state index in [2.05, 4.69) is 133 Å². The Labute approximate surface area is 283 Å². The SMILES string of the molecule is C=CC(=C\C=C/C)/C(C)=C/C=C(\C)c1c(/C=C\C)c(C=C)c(/C(C=C)=C/C(=C\C)c2cccc(=C)ccccc2=C)c2ccccc12. The molecule has 0 aliphatic carbocycles. The first kappa shape index (κ1) is 36.0. The summed E-state index contributed by atoms with van der Waals surface area (Å²) in [6, 6.07) is 22.7. The largest absolute Gasteiger partial charge is 0.0985 e. The number of rotatable bonds is 11. The summed E-state index contributed by atoms with van der Waals surface area (Å²) in [5, 5.41) is 4.16. The molecule has 0 aliphatic heterocycles. The molecule has 0 aromatic heterocycles. The Bertz CT molecular complexity index is 2040. The van der Waals surface area contributed by atoms with E-state index >= 15 is 0 Å². The van der Waals surface area contributed by atoms with Crippen LogP contribution in [-0.2, 0) is 0 Å². The second-order valence-corrected chi connectivity index (χ2v) is 11.2. The molecule has 0 saturated carbocycles. The molecule has 0 N–H and O–H groups in total. The van der Waals surface area contributed by atoms with Crippen molar-refractivity contribution in [3.05, 3.63) is 197 Å². The molecule has 0 atom stereocenters. The minimum Gasteiger partial charge on any atom is -0.0985 e. The summed E-state index contributed by atoms with van der Waals surface area (Å²) in [4.78, 5) is 0. The number of hydrogen-bond acceptors (Lipinski definition) is 0. The maximum absolute atomic E-state index is 4.39. The van der Waals surface area contributed by atoms with Gasteiger partial charge in [0.15, 0.2) is 0 Å². The second-order valence-electron chi connectivity index (χ2n) is 11.2. The number of fused-ring (bicyclic) bond motifs is 1. The van der Waals surface area contributed by atoms with Crippen LogP contribution in [-0.4, -0.2) is 0 Å². The Hall–Kier alpha value is -5.46. The normalized spacial score (nSPS) is 13.3. The first-order chi connectivity index (χ1) is 22.8. The van der Waals surface area contributed by atoms with Gasteiger partial charge in [0.25, 0.3) is 0 Å². The third-order valence-electron chi connectivity index (χ3n) is 8.03. The van der Waals surface area contributed by atoms with Crippen LogP contribution in [0.1, 0.15) is 62.4 Å². The third kappa shape index (κ3) is 8.84. The van der Waals surface area contributed by atoms with Crippen LogP contribution in [0.4, 0.5) is 0 Å². The number of hydrogen-bond donors (Lipinski definition) is 0. The van der Waals surface area contributed by atoms with Crippen molar-refractivity contribution >= 4 is 52.8 Å². The predicted octanol–water partition coefficient (Wildman–Crippen LogP) is 12.2. The van der Waals surface area contributed by atoms with Crippen molar-refractivity contribution in [2.24, 2.45) is 0 Å². The Morgan fingerprint density at radius 2 is 1.30 bits per heavy atom. The lowest BCUT2D eigenvalue weighted by molar-refractivity contribution is 1.42. The van der Waals surface area contributed by atoms with Gasteiger partial charge in [-0.3, -0.25) is 0 Å². The summed E-state index contributed by atoms with van der Waals surface area (Å²) >= 11 is 0.